The number of hydrogen-bond donors (Lipinski definition) is 1. The molecular weight excluding hydrogens is 485 g/mol. The number of nitrogens with zero attached hydrogens (tertiary/aromatic N) is 2. The van der Waals surface area contributed by atoms with Gasteiger partial charge >= 0.3 is 6.18 Å². The SMILES string of the molecule is CC1(C)Cc2nc(C3CCOCC3)c3c(c2C(O)C1)C1(CCOCC1)OC3c1ccc(C(F)(F)F)nc1. The van der Waals surface area contributed by atoms with Gasteiger partial charge in [-0.1, -0.05) is 19.9 Å². The molecule has 2 unspecified atom stereocenters. The number of aliphatic hydroxyl groups is 1. The minimum absolute atomic E-state index is 0.0976. The fourth-order valence-electron chi connectivity index (χ4n) is 6.74. The first-order valence-electron chi connectivity index (χ1n) is 13.2. The van der Waals surface area contributed by atoms with Crippen molar-refractivity contribution in [1.82, 2.24) is 9.97 Å². The van der Waals surface area contributed by atoms with Crippen molar-refractivity contribution in [3.05, 3.63) is 57.7 Å². The van der Waals surface area contributed by atoms with Crippen LogP contribution in [0.1, 0.15) is 103 Å². The van der Waals surface area contributed by atoms with Crippen molar-refractivity contribution in [3.8, 4) is 0 Å². The molecule has 1 aliphatic carbocycles. The Bertz CT molecular complexity index is 1170. The highest BCUT2D eigenvalue weighted by atomic mass is 19.4. The summed E-state index contributed by atoms with van der Waals surface area (Å²) in [7, 11) is 0. The summed E-state index contributed by atoms with van der Waals surface area (Å²) in [5.74, 6) is 0.151. The Kier molecular flexibility index (Phi) is 6.14. The maximum Gasteiger partial charge on any atom is 0.433 e. The molecule has 0 saturated carbocycles. The normalized spacial score (nSPS) is 27.2. The third-order valence-corrected chi connectivity index (χ3v) is 8.46. The second kappa shape index (κ2) is 9.00. The molecule has 3 aliphatic heterocycles. The Morgan fingerprint density at radius 2 is 1.70 bits per heavy atom. The highest BCUT2D eigenvalue weighted by Crippen LogP contribution is 2.58. The summed E-state index contributed by atoms with van der Waals surface area (Å²) in [5.41, 5.74) is 3.48. The van der Waals surface area contributed by atoms with E-state index in [1.54, 1.807) is 0 Å². The number of ether oxygens (including phenoxy) is 3. The molecular formula is C28H33F3N2O4. The van der Waals surface area contributed by atoms with Gasteiger partial charge in [-0.05, 0) is 42.7 Å². The van der Waals surface area contributed by atoms with Gasteiger partial charge in [-0.3, -0.25) is 9.97 Å². The third-order valence-electron chi connectivity index (χ3n) is 8.46. The zero-order valence-electron chi connectivity index (χ0n) is 21.2. The van der Waals surface area contributed by atoms with E-state index >= 15 is 0 Å². The van der Waals surface area contributed by atoms with Gasteiger partial charge in [0.2, 0.25) is 0 Å². The summed E-state index contributed by atoms with van der Waals surface area (Å²) in [6.45, 7) is 6.61. The molecule has 37 heavy (non-hydrogen) atoms. The number of halogens is 3. The van der Waals surface area contributed by atoms with Gasteiger partial charge in [0.25, 0.3) is 0 Å². The lowest BCUT2D eigenvalue weighted by molar-refractivity contribution is -0.141. The molecule has 1 N–H and O–H groups in total. The molecule has 0 amide bonds. The molecule has 1 spiro atoms. The van der Waals surface area contributed by atoms with Crippen molar-refractivity contribution in [2.45, 2.75) is 82.3 Å². The molecule has 2 fully saturated rings. The van der Waals surface area contributed by atoms with Crippen LogP contribution in [0.5, 0.6) is 0 Å². The molecule has 6 nitrogen and oxygen atoms in total. The van der Waals surface area contributed by atoms with Crippen LogP contribution in [0.15, 0.2) is 18.3 Å². The van der Waals surface area contributed by atoms with Crippen molar-refractivity contribution < 1.29 is 32.5 Å². The molecule has 0 radical (unpaired) electrons. The molecule has 0 bridgehead atoms. The standard InChI is InChI=1S/C28H33F3N2O4/c1-26(2)13-18-21(19(34)14-26)23-22(24(33-18)16-5-9-35-10-6-16)25(37-27(23)7-11-36-12-8-27)17-3-4-20(32-15-17)28(29,30)31/h3-4,15-16,19,25,34H,5-14H2,1-2H3. The Morgan fingerprint density at radius 1 is 1.00 bits per heavy atom. The van der Waals surface area contributed by atoms with Crippen LogP contribution in [0.4, 0.5) is 13.2 Å². The van der Waals surface area contributed by atoms with Crippen LogP contribution in [0.25, 0.3) is 0 Å². The van der Waals surface area contributed by atoms with E-state index in [4.69, 9.17) is 19.2 Å². The average Bonchev–Trinajstić information content (AvgIpc) is 3.17. The summed E-state index contributed by atoms with van der Waals surface area (Å²) < 4.78 is 58.0. The number of hydrogen-bond acceptors (Lipinski definition) is 6. The summed E-state index contributed by atoms with van der Waals surface area (Å²) >= 11 is 0. The summed E-state index contributed by atoms with van der Waals surface area (Å²) in [5, 5.41) is 11.5. The Balaban J connectivity index is 1.58. The lowest BCUT2D eigenvalue weighted by atomic mass is 9.69. The maximum absolute atomic E-state index is 13.3. The van der Waals surface area contributed by atoms with Gasteiger partial charge in [0, 0.05) is 73.8 Å². The van der Waals surface area contributed by atoms with E-state index < -0.39 is 29.7 Å². The van der Waals surface area contributed by atoms with Crippen LogP contribution in [0.2, 0.25) is 0 Å². The van der Waals surface area contributed by atoms with E-state index in [1.807, 2.05) is 0 Å². The van der Waals surface area contributed by atoms with Crippen molar-refractivity contribution in [3.63, 3.8) is 0 Å². The number of aliphatic hydroxyl groups excluding tert-OH is 1. The van der Waals surface area contributed by atoms with Gasteiger partial charge in [-0.15, -0.1) is 0 Å². The Labute approximate surface area is 214 Å². The van der Waals surface area contributed by atoms with Gasteiger partial charge in [0.05, 0.1) is 17.4 Å². The van der Waals surface area contributed by atoms with Crippen LogP contribution in [-0.2, 0) is 32.4 Å². The zero-order chi connectivity index (χ0) is 26.0. The van der Waals surface area contributed by atoms with E-state index in [9.17, 15) is 18.3 Å². The van der Waals surface area contributed by atoms with Crippen LogP contribution in [0, 0.1) is 5.41 Å². The second-order valence-electron chi connectivity index (χ2n) is 11.7. The predicted molar refractivity (Wildman–Crippen MR) is 128 cm³/mol. The zero-order valence-corrected chi connectivity index (χ0v) is 21.2. The Hall–Kier alpha value is -2.07. The minimum atomic E-state index is -4.51. The van der Waals surface area contributed by atoms with Gasteiger partial charge in [-0.2, -0.15) is 13.2 Å². The first kappa shape index (κ1) is 25.2. The fourth-order valence-corrected chi connectivity index (χ4v) is 6.74. The highest BCUT2D eigenvalue weighted by molar-refractivity contribution is 5.54. The van der Waals surface area contributed by atoms with E-state index in [-0.39, 0.29) is 11.3 Å². The van der Waals surface area contributed by atoms with E-state index in [2.05, 4.69) is 18.8 Å². The van der Waals surface area contributed by atoms with Crippen LogP contribution >= 0.6 is 0 Å². The summed E-state index contributed by atoms with van der Waals surface area (Å²) in [4.78, 5) is 8.98. The predicted octanol–water partition coefficient (Wildman–Crippen LogP) is 5.52. The molecule has 2 aromatic rings. The first-order valence-corrected chi connectivity index (χ1v) is 13.2. The monoisotopic (exact) mass is 518 g/mol. The average molecular weight is 519 g/mol. The summed E-state index contributed by atoms with van der Waals surface area (Å²) in [6, 6.07) is 2.49. The van der Waals surface area contributed by atoms with E-state index in [0.29, 0.717) is 51.3 Å². The summed E-state index contributed by atoms with van der Waals surface area (Å²) in [6.07, 6.45) is -0.295. The number of aromatic nitrogens is 2. The number of fused-ring (bicyclic) bond motifs is 4. The molecule has 2 saturated heterocycles. The molecule has 4 aliphatic rings. The molecule has 6 rings (SSSR count). The van der Waals surface area contributed by atoms with Crippen LogP contribution in [-0.4, -0.2) is 41.5 Å². The third kappa shape index (κ3) is 4.37. The number of rotatable bonds is 2. The smallest absolute Gasteiger partial charge is 0.388 e. The van der Waals surface area contributed by atoms with Crippen LogP contribution < -0.4 is 0 Å². The molecule has 9 heteroatoms. The first-order chi connectivity index (χ1) is 17.6. The minimum Gasteiger partial charge on any atom is -0.388 e. The second-order valence-corrected chi connectivity index (χ2v) is 11.7. The number of alkyl halides is 3. The maximum atomic E-state index is 13.3. The van der Waals surface area contributed by atoms with Crippen molar-refractivity contribution in [2.24, 2.45) is 5.41 Å². The molecule has 200 valence electrons. The quantitative estimate of drug-likeness (QED) is 0.565. The van der Waals surface area contributed by atoms with Gasteiger partial charge in [-0.25, -0.2) is 0 Å². The van der Waals surface area contributed by atoms with Crippen molar-refractivity contribution in [2.75, 3.05) is 26.4 Å². The number of pyridine rings is 2. The molecule has 5 heterocycles. The molecule has 2 atom stereocenters. The van der Waals surface area contributed by atoms with Gasteiger partial charge in [0.1, 0.15) is 11.8 Å². The van der Waals surface area contributed by atoms with E-state index in [0.717, 1.165) is 53.4 Å². The lowest BCUT2D eigenvalue weighted by Crippen LogP contribution is -2.37. The fraction of sp³-hybridized carbons (Fsp3) is 0.643. The highest BCUT2D eigenvalue weighted by Gasteiger charge is 2.52. The molecule has 0 aromatic carbocycles. The Morgan fingerprint density at radius 3 is 2.35 bits per heavy atom. The van der Waals surface area contributed by atoms with E-state index in [1.165, 1.54) is 12.3 Å². The van der Waals surface area contributed by atoms with Crippen LogP contribution in [0.3, 0.4) is 0 Å². The van der Waals surface area contributed by atoms with Crippen molar-refractivity contribution >= 4 is 0 Å². The van der Waals surface area contributed by atoms with Gasteiger partial charge in [0.15, 0.2) is 0 Å². The topological polar surface area (TPSA) is 73.7 Å². The molecule has 2 aromatic heterocycles. The lowest BCUT2D eigenvalue weighted by Gasteiger charge is -2.40. The largest absolute Gasteiger partial charge is 0.433 e. The van der Waals surface area contributed by atoms with Gasteiger partial charge < -0.3 is 19.3 Å². The van der Waals surface area contributed by atoms with Crippen molar-refractivity contribution in [1.29, 1.82) is 0 Å².